The van der Waals surface area contributed by atoms with Crippen molar-refractivity contribution in [1.29, 1.82) is 0 Å². The van der Waals surface area contributed by atoms with Crippen LogP contribution in [-0.2, 0) is 10.0 Å². The number of aliphatic hydroxyl groups is 1. The quantitative estimate of drug-likeness (QED) is 0.703. The van der Waals surface area contributed by atoms with Crippen molar-refractivity contribution in [2.45, 2.75) is 128 Å². The lowest BCUT2D eigenvalue weighted by Crippen LogP contribution is -2.58. The summed E-state index contributed by atoms with van der Waals surface area (Å²) in [6, 6.07) is 0.360. The second kappa shape index (κ2) is 7.53. The molecule has 0 aliphatic heterocycles. The SMILES string of the molecule is CC(C12CCC(CC1O)C2(C)C)S(=O)(=O)N(C1CCCCC1)C1CCCCC1. The smallest absolute Gasteiger partial charge is 0.217 e. The summed E-state index contributed by atoms with van der Waals surface area (Å²) >= 11 is 0. The van der Waals surface area contributed by atoms with Crippen molar-refractivity contribution in [3.63, 3.8) is 0 Å². The van der Waals surface area contributed by atoms with Gasteiger partial charge in [-0.3, -0.25) is 0 Å². The number of aliphatic hydroxyl groups excluding tert-OH is 1. The van der Waals surface area contributed by atoms with Crippen LogP contribution in [0.15, 0.2) is 0 Å². The first-order valence-electron chi connectivity index (χ1n) is 11.9. The summed E-state index contributed by atoms with van der Waals surface area (Å²) in [4.78, 5) is 0. The van der Waals surface area contributed by atoms with Crippen LogP contribution >= 0.6 is 0 Å². The average molecular weight is 412 g/mol. The first-order chi connectivity index (χ1) is 13.2. The molecule has 4 unspecified atom stereocenters. The van der Waals surface area contributed by atoms with E-state index in [0.717, 1.165) is 70.6 Å². The predicted octanol–water partition coefficient (Wildman–Crippen LogP) is 4.86. The van der Waals surface area contributed by atoms with Gasteiger partial charge < -0.3 is 5.11 Å². The Morgan fingerprint density at radius 2 is 1.39 bits per heavy atom. The molecule has 4 atom stereocenters. The van der Waals surface area contributed by atoms with Crippen molar-refractivity contribution < 1.29 is 13.5 Å². The maximum Gasteiger partial charge on any atom is 0.217 e. The molecule has 0 spiro atoms. The molecule has 28 heavy (non-hydrogen) atoms. The van der Waals surface area contributed by atoms with Crippen molar-refractivity contribution in [3.05, 3.63) is 0 Å². The number of rotatable bonds is 5. The van der Waals surface area contributed by atoms with Gasteiger partial charge in [0.1, 0.15) is 0 Å². The Morgan fingerprint density at radius 3 is 1.79 bits per heavy atom. The van der Waals surface area contributed by atoms with Gasteiger partial charge >= 0.3 is 0 Å². The maximum absolute atomic E-state index is 14.2. The van der Waals surface area contributed by atoms with Gasteiger partial charge in [0.05, 0.1) is 11.4 Å². The Balaban J connectivity index is 1.70. The molecule has 4 aliphatic carbocycles. The van der Waals surface area contributed by atoms with Crippen LogP contribution in [0.1, 0.15) is 104 Å². The summed E-state index contributed by atoms with van der Waals surface area (Å²) < 4.78 is 30.5. The van der Waals surface area contributed by atoms with Crippen LogP contribution in [0.2, 0.25) is 0 Å². The van der Waals surface area contributed by atoms with Gasteiger partial charge in [0.15, 0.2) is 0 Å². The van der Waals surface area contributed by atoms with Crippen molar-refractivity contribution >= 4 is 10.0 Å². The van der Waals surface area contributed by atoms with Crippen LogP contribution in [0, 0.1) is 16.7 Å². The topological polar surface area (TPSA) is 57.6 Å². The molecule has 4 fully saturated rings. The molecule has 0 radical (unpaired) electrons. The molecular formula is C23H41NO3S. The molecule has 2 bridgehead atoms. The summed E-state index contributed by atoms with van der Waals surface area (Å²) in [5.74, 6) is 0.456. The van der Waals surface area contributed by atoms with Crippen molar-refractivity contribution in [1.82, 2.24) is 4.31 Å². The zero-order valence-electron chi connectivity index (χ0n) is 18.2. The first kappa shape index (κ1) is 21.1. The van der Waals surface area contributed by atoms with E-state index in [2.05, 4.69) is 13.8 Å². The van der Waals surface area contributed by atoms with Gasteiger partial charge in [0.2, 0.25) is 10.0 Å². The van der Waals surface area contributed by atoms with Crippen LogP contribution in [-0.4, -0.2) is 41.3 Å². The standard InChI is InChI=1S/C23H41NO3S/c1-17(23-15-14-18(16-21(23)25)22(23,2)3)28(26,27)24(19-10-6-4-7-11-19)20-12-8-5-9-13-20/h17-21,25H,4-16H2,1-3H3. The summed E-state index contributed by atoms with van der Waals surface area (Å²) in [5, 5.41) is 10.6. The zero-order valence-corrected chi connectivity index (χ0v) is 19.0. The Bertz CT molecular complexity index is 645. The van der Waals surface area contributed by atoms with E-state index in [9.17, 15) is 13.5 Å². The van der Waals surface area contributed by atoms with Crippen molar-refractivity contribution in [3.8, 4) is 0 Å². The van der Waals surface area contributed by atoms with E-state index in [1.54, 1.807) is 0 Å². The third-order valence-corrected chi connectivity index (χ3v) is 12.1. The highest BCUT2D eigenvalue weighted by Crippen LogP contribution is 2.68. The second-order valence-corrected chi connectivity index (χ2v) is 13.0. The van der Waals surface area contributed by atoms with E-state index in [1.807, 2.05) is 11.2 Å². The number of sulfonamides is 1. The minimum Gasteiger partial charge on any atom is -0.392 e. The van der Waals surface area contributed by atoms with Crippen LogP contribution < -0.4 is 0 Å². The van der Waals surface area contributed by atoms with Gasteiger partial charge in [0.25, 0.3) is 0 Å². The molecule has 4 saturated carbocycles. The van der Waals surface area contributed by atoms with Gasteiger partial charge in [-0.1, -0.05) is 52.4 Å². The second-order valence-electron chi connectivity index (χ2n) is 10.8. The maximum atomic E-state index is 14.2. The van der Waals surface area contributed by atoms with E-state index in [-0.39, 0.29) is 17.5 Å². The Hall–Kier alpha value is -0.130. The molecule has 5 heteroatoms. The van der Waals surface area contributed by atoms with Crippen LogP contribution in [0.3, 0.4) is 0 Å². The van der Waals surface area contributed by atoms with E-state index >= 15 is 0 Å². The fourth-order valence-corrected chi connectivity index (χ4v) is 10.5. The van der Waals surface area contributed by atoms with Gasteiger partial charge in [-0.15, -0.1) is 0 Å². The molecule has 162 valence electrons. The van der Waals surface area contributed by atoms with Gasteiger partial charge in [-0.2, -0.15) is 4.31 Å². The minimum absolute atomic E-state index is 0.107. The molecule has 0 aromatic rings. The Kier molecular flexibility index (Phi) is 5.68. The summed E-state index contributed by atoms with van der Waals surface area (Å²) in [5.41, 5.74) is -0.595. The number of hydrogen-bond acceptors (Lipinski definition) is 3. The molecule has 1 N–H and O–H groups in total. The molecule has 4 aliphatic rings. The number of nitrogens with zero attached hydrogens (tertiary/aromatic N) is 1. The molecule has 4 nitrogen and oxygen atoms in total. The average Bonchev–Trinajstić information content (AvgIpc) is 3.04. The van der Waals surface area contributed by atoms with E-state index in [4.69, 9.17) is 0 Å². The van der Waals surface area contributed by atoms with Crippen LogP contribution in [0.4, 0.5) is 0 Å². The highest BCUT2D eigenvalue weighted by Gasteiger charge is 2.68. The summed E-state index contributed by atoms with van der Waals surface area (Å²) in [6.07, 6.45) is 13.4. The summed E-state index contributed by atoms with van der Waals surface area (Å²) in [6.45, 7) is 6.38. The lowest BCUT2D eigenvalue weighted by Gasteiger charge is -2.49. The highest BCUT2D eigenvalue weighted by molar-refractivity contribution is 7.89. The zero-order chi connectivity index (χ0) is 20.2. The third-order valence-electron chi connectivity index (χ3n) is 9.56. The molecule has 0 heterocycles. The minimum atomic E-state index is -3.46. The van der Waals surface area contributed by atoms with E-state index in [0.29, 0.717) is 5.92 Å². The van der Waals surface area contributed by atoms with Gasteiger partial charge in [-0.25, -0.2) is 8.42 Å². The largest absolute Gasteiger partial charge is 0.392 e. The Morgan fingerprint density at radius 1 is 0.893 bits per heavy atom. The highest BCUT2D eigenvalue weighted by atomic mass is 32.2. The monoisotopic (exact) mass is 411 g/mol. The van der Waals surface area contributed by atoms with Crippen LogP contribution in [0.5, 0.6) is 0 Å². The summed E-state index contributed by atoms with van der Waals surface area (Å²) in [7, 11) is -3.46. The fourth-order valence-electron chi connectivity index (χ4n) is 7.80. The van der Waals surface area contributed by atoms with E-state index in [1.165, 1.54) is 12.8 Å². The Labute approximate surface area is 172 Å². The number of hydrogen-bond donors (Lipinski definition) is 1. The van der Waals surface area contributed by atoms with Crippen molar-refractivity contribution in [2.24, 2.45) is 16.7 Å². The normalized spacial score (nSPS) is 38.2. The molecule has 0 amide bonds. The molecule has 4 rings (SSSR count). The van der Waals surface area contributed by atoms with Gasteiger partial charge in [0, 0.05) is 17.5 Å². The fraction of sp³-hybridized carbons (Fsp3) is 1.00. The van der Waals surface area contributed by atoms with Gasteiger partial charge in [-0.05, 0) is 63.2 Å². The number of fused-ring (bicyclic) bond motifs is 2. The van der Waals surface area contributed by atoms with Crippen LogP contribution in [0.25, 0.3) is 0 Å². The lowest BCUT2D eigenvalue weighted by atomic mass is 9.66. The lowest BCUT2D eigenvalue weighted by molar-refractivity contribution is -0.00566. The first-order valence-corrected chi connectivity index (χ1v) is 13.4. The molecule has 0 aromatic carbocycles. The van der Waals surface area contributed by atoms with Crippen molar-refractivity contribution in [2.75, 3.05) is 0 Å². The molecule has 0 saturated heterocycles. The predicted molar refractivity (Wildman–Crippen MR) is 114 cm³/mol. The third kappa shape index (κ3) is 3.01. The molecule has 0 aromatic heterocycles. The molecular weight excluding hydrogens is 370 g/mol. The van der Waals surface area contributed by atoms with E-state index < -0.39 is 26.8 Å².